The molecule has 150 valence electrons. The number of morpholine rings is 1. The molecule has 28 heavy (non-hydrogen) atoms. The Morgan fingerprint density at radius 1 is 1.18 bits per heavy atom. The SMILES string of the molecule is O=C(c1ccccc1SCc1cscn1)N1CCC(CN2CCOCC2)CC1. The molecular weight excluding hydrogens is 390 g/mol. The predicted octanol–water partition coefficient (Wildman–Crippen LogP) is 3.62. The summed E-state index contributed by atoms with van der Waals surface area (Å²) < 4.78 is 5.44. The van der Waals surface area contributed by atoms with Crippen LogP contribution in [0.25, 0.3) is 0 Å². The van der Waals surface area contributed by atoms with Gasteiger partial charge in [-0.15, -0.1) is 23.1 Å². The lowest BCUT2D eigenvalue weighted by atomic mass is 9.95. The minimum atomic E-state index is 0.172. The number of thiazole rings is 1. The molecule has 0 radical (unpaired) electrons. The van der Waals surface area contributed by atoms with Gasteiger partial charge < -0.3 is 9.64 Å². The van der Waals surface area contributed by atoms with Gasteiger partial charge in [0.05, 0.1) is 30.0 Å². The maximum Gasteiger partial charge on any atom is 0.254 e. The highest BCUT2D eigenvalue weighted by molar-refractivity contribution is 7.98. The van der Waals surface area contributed by atoms with E-state index in [1.807, 2.05) is 28.6 Å². The first-order valence-corrected chi connectivity index (χ1v) is 11.9. The van der Waals surface area contributed by atoms with Crippen LogP contribution in [-0.2, 0) is 10.5 Å². The van der Waals surface area contributed by atoms with E-state index in [2.05, 4.69) is 21.3 Å². The molecule has 1 aromatic carbocycles. The first kappa shape index (κ1) is 19.9. The second-order valence-corrected chi connectivity index (χ2v) is 9.15. The maximum absolute atomic E-state index is 13.2. The highest BCUT2D eigenvalue weighted by atomic mass is 32.2. The molecule has 0 atom stereocenters. The van der Waals surface area contributed by atoms with Gasteiger partial charge in [-0.3, -0.25) is 9.69 Å². The van der Waals surface area contributed by atoms with Gasteiger partial charge in [0.1, 0.15) is 0 Å². The molecule has 2 saturated heterocycles. The number of likely N-dealkylation sites (tertiary alicyclic amines) is 1. The number of aromatic nitrogens is 1. The summed E-state index contributed by atoms with van der Waals surface area (Å²) in [7, 11) is 0. The van der Waals surface area contributed by atoms with Crippen LogP contribution in [0.1, 0.15) is 28.9 Å². The van der Waals surface area contributed by atoms with Crippen molar-refractivity contribution in [3.8, 4) is 0 Å². The first-order valence-electron chi connectivity index (χ1n) is 9.98. The van der Waals surface area contributed by atoms with E-state index >= 15 is 0 Å². The molecule has 0 unspecified atom stereocenters. The number of rotatable bonds is 6. The number of carbonyl (C=O) groups excluding carboxylic acids is 1. The molecule has 2 aromatic rings. The number of thioether (sulfide) groups is 1. The van der Waals surface area contributed by atoms with Gasteiger partial charge in [0.15, 0.2) is 0 Å². The van der Waals surface area contributed by atoms with Crippen molar-refractivity contribution in [1.82, 2.24) is 14.8 Å². The van der Waals surface area contributed by atoms with E-state index < -0.39 is 0 Å². The number of amides is 1. The molecule has 2 fully saturated rings. The third kappa shape index (κ3) is 5.14. The summed E-state index contributed by atoms with van der Waals surface area (Å²) in [6.07, 6.45) is 2.19. The van der Waals surface area contributed by atoms with Gasteiger partial charge in [-0.25, -0.2) is 4.98 Å². The molecule has 1 aromatic heterocycles. The van der Waals surface area contributed by atoms with Gasteiger partial charge in [-0.1, -0.05) is 12.1 Å². The Labute approximate surface area is 175 Å². The smallest absolute Gasteiger partial charge is 0.254 e. The fourth-order valence-corrected chi connectivity index (χ4v) is 5.48. The largest absolute Gasteiger partial charge is 0.379 e. The zero-order valence-electron chi connectivity index (χ0n) is 16.1. The lowest BCUT2D eigenvalue weighted by Gasteiger charge is -2.36. The summed E-state index contributed by atoms with van der Waals surface area (Å²) >= 11 is 3.31. The third-order valence-corrected chi connectivity index (χ3v) is 7.24. The van der Waals surface area contributed by atoms with Crippen LogP contribution in [0.4, 0.5) is 0 Å². The lowest BCUT2D eigenvalue weighted by molar-refractivity contribution is 0.0242. The van der Waals surface area contributed by atoms with Gasteiger partial charge in [0, 0.05) is 48.8 Å². The molecule has 2 aliphatic heterocycles. The number of hydrogen-bond acceptors (Lipinski definition) is 6. The van der Waals surface area contributed by atoms with Crippen LogP contribution in [0, 0.1) is 5.92 Å². The maximum atomic E-state index is 13.2. The monoisotopic (exact) mass is 417 g/mol. The van der Waals surface area contributed by atoms with E-state index in [1.165, 1.54) is 0 Å². The number of carbonyl (C=O) groups is 1. The second-order valence-electron chi connectivity index (χ2n) is 7.41. The highest BCUT2D eigenvalue weighted by Crippen LogP contribution is 2.28. The molecule has 0 spiro atoms. The summed E-state index contributed by atoms with van der Waals surface area (Å²) in [5, 5.41) is 2.07. The van der Waals surface area contributed by atoms with E-state index in [4.69, 9.17) is 4.74 Å². The number of hydrogen-bond donors (Lipinski definition) is 0. The topological polar surface area (TPSA) is 45.7 Å². The molecule has 4 rings (SSSR count). The zero-order chi connectivity index (χ0) is 19.2. The predicted molar refractivity (Wildman–Crippen MR) is 114 cm³/mol. The Morgan fingerprint density at radius 3 is 2.71 bits per heavy atom. The Kier molecular flexibility index (Phi) is 7.01. The third-order valence-electron chi connectivity index (χ3n) is 5.50. The van der Waals surface area contributed by atoms with Gasteiger partial charge >= 0.3 is 0 Å². The zero-order valence-corrected chi connectivity index (χ0v) is 17.7. The molecule has 5 nitrogen and oxygen atoms in total. The number of piperidine rings is 1. The summed E-state index contributed by atoms with van der Waals surface area (Å²) in [6.45, 7) is 6.66. The van der Waals surface area contributed by atoms with E-state index in [0.29, 0.717) is 5.92 Å². The molecule has 3 heterocycles. The van der Waals surface area contributed by atoms with Gasteiger partial charge in [0.2, 0.25) is 0 Å². The average Bonchev–Trinajstić information content (AvgIpc) is 3.27. The van der Waals surface area contributed by atoms with Gasteiger partial charge in [-0.05, 0) is 30.9 Å². The molecule has 0 bridgehead atoms. The molecular formula is C21H27N3O2S2. The normalized spacial score (nSPS) is 19.1. The van der Waals surface area contributed by atoms with Crippen molar-refractivity contribution >= 4 is 29.0 Å². The average molecular weight is 418 g/mol. The lowest BCUT2D eigenvalue weighted by Crippen LogP contribution is -2.44. The molecule has 2 aliphatic rings. The van der Waals surface area contributed by atoms with Crippen molar-refractivity contribution in [2.45, 2.75) is 23.5 Å². The minimum Gasteiger partial charge on any atom is -0.379 e. The van der Waals surface area contributed by atoms with Crippen LogP contribution in [0.15, 0.2) is 40.1 Å². The van der Waals surface area contributed by atoms with Crippen LogP contribution in [0.5, 0.6) is 0 Å². The van der Waals surface area contributed by atoms with Crippen molar-refractivity contribution in [3.63, 3.8) is 0 Å². The standard InChI is InChI=1S/C21H27N3O2S2/c25-21(19-3-1-2-4-20(19)28-15-18-14-27-16-22-18)24-7-5-17(6-8-24)13-23-9-11-26-12-10-23/h1-4,14,16-17H,5-13,15H2. The molecule has 7 heteroatoms. The fourth-order valence-electron chi connectivity index (χ4n) is 3.87. The van der Waals surface area contributed by atoms with Crippen molar-refractivity contribution in [1.29, 1.82) is 0 Å². The van der Waals surface area contributed by atoms with Crippen molar-refractivity contribution < 1.29 is 9.53 Å². The Morgan fingerprint density at radius 2 is 1.96 bits per heavy atom. The van der Waals surface area contributed by atoms with E-state index in [-0.39, 0.29) is 5.91 Å². The van der Waals surface area contributed by atoms with E-state index in [0.717, 1.165) is 80.7 Å². The van der Waals surface area contributed by atoms with Crippen molar-refractivity contribution in [2.24, 2.45) is 5.92 Å². The molecule has 0 saturated carbocycles. The van der Waals surface area contributed by atoms with Gasteiger partial charge in [0.25, 0.3) is 5.91 Å². The Balaban J connectivity index is 1.32. The van der Waals surface area contributed by atoms with Crippen LogP contribution in [-0.4, -0.2) is 66.6 Å². The van der Waals surface area contributed by atoms with Gasteiger partial charge in [-0.2, -0.15) is 0 Å². The summed E-state index contributed by atoms with van der Waals surface area (Å²) in [4.78, 5) is 23.1. The number of ether oxygens (including phenoxy) is 1. The van der Waals surface area contributed by atoms with Crippen LogP contribution in [0.3, 0.4) is 0 Å². The Bertz CT molecular complexity index is 755. The molecule has 0 aliphatic carbocycles. The quantitative estimate of drug-likeness (QED) is 0.672. The number of benzene rings is 1. The van der Waals surface area contributed by atoms with Crippen molar-refractivity contribution in [3.05, 3.63) is 46.4 Å². The van der Waals surface area contributed by atoms with E-state index in [9.17, 15) is 4.79 Å². The summed E-state index contributed by atoms with van der Waals surface area (Å²) in [6, 6.07) is 7.99. The summed E-state index contributed by atoms with van der Waals surface area (Å²) in [5.41, 5.74) is 3.75. The first-order chi connectivity index (χ1) is 13.8. The second kappa shape index (κ2) is 9.87. The van der Waals surface area contributed by atoms with Crippen molar-refractivity contribution in [2.75, 3.05) is 45.9 Å². The fraction of sp³-hybridized carbons (Fsp3) is 0.524. The van der Waals surface area contributed by atoms with Crippen LogP contribution < -0.4 is 0 Å². The summed E-state index contributed by atoms with van der Waals surface area (Å²) in [5.74, 6) is 1.66. The number of nitrogens with zero attached hydrogens (tertiary/aromatic N) is 3. The van der Waals surface area contributed by atoms with Crippen LogP contribution in [0.2, 0.25) is 0 Å². The minimum absolute atomic E-state index is 0.172. The van der Waals surface area contributed by atoms with E-state index in [1.54, 1.807) is 23.1 Å². The molecule has 0 N–H and O–H groups in total. The highest BCUT2D eigenvalue weighted by Gasteiger charge is 2.26. The van der Waals surface area contributed by atoms with Crippen LogP contribution >= 0.6 is 23.1 Å². The molecule has 1 amide bonds. The Hall–Kier alpha value is -1.41.